The number of hydrogen-bond donors (Lipinski definition) is 0. The van der Waals surface area contributed by atoms with Gasteiger partial charge in [0.2, 0.25) is 0 Å². The predicted molar refractivity (Wildman–Crippen MR) is 29.0 cm³/mol. The maximum atomic E-state index is 10.2. The molecule has 4 nitrogen and oxygen atoms in total. The Labute approximate surface area is 74.4 Å². The van der Waals surface area contributed by atoms with Crippen LogP contribution in [0.5, 0.6) is 0 Å². The molecule has 0 bridgehead atoms. The molecule has 0 saturated heterocycles. The van der Waals surface area contributed by atoms with Crippen LogP contribution in [0.4, 0.5) is 0 Å². The van der Waals surface area contributed by atoms with Crippen molar-refractivity contribution in [3.63, 3.8) is 0 Å². The number of carbonyl (C=O) groups is 1. The Bertz CT molecular complexity index is 228. The third-order valence-corrected chi connectivity index (χ3v) is 1.08. The number of sulfone groups is 1. The Morgan fingerprint density at radius 1 is 1.50 bits per heavy atom. The van der Waals surface area contributed by atoms with Crippen LogP contribution in [0, 0.1) is 0 Å². The fraction of sp³-hybridized carbons (Fsp3) is 0.250. The molecular formula is C4H5AgO4S. The molecule has 0 aromatic heterocycles. The summed E-state index contributed by atoms with van der Waals surface area (Å²) in [5.74, 6) is -1.51. The molecule has 0 heterocycles. The zero-order valence-electron chi connectivity index (χ0n) is 5.00. The van der Waals surface area contributed by atoms with E-state index >= 15 is 0 Å². The van der Waals surface area contributed by atoms with E-state index in [0.717, 1.165) is 6.26 Å². The predicted octanol–water partition coefficient (Wildman–Crippen LogP) is -1.71. The monoisotopic (exact) mass is 256 g/mol. The summed E-state index contributed by atoms with van der Waals surface area (Å²) in [6.45, 7) is 0. The maximum absolute atomic E-state index is 10.2. The summed E-state index contributed by atoms with van der Waals surface area (Å²) in [6.07, 6.45) is 1.36. The topological polar surface area (TPSA) is 74.3 Å². The van der Waals surface area contributed by atoms with Gasteiger partial charge in [0.05, 0.1) is 5.97 Å². The minimum atomic E-state index is -3.32. The average molecular weight is 257 g/mol. The first-order valence-electron chi connectivity index (χ1n) is 2.01. The van der Waals surface area contributed by atoms with Crippen LogP contribution in [-0.4, -0.2) is 20.6 Å². The van der Waals surface area contributed by atoms with Crippen LogP contribution in [-0.2, 0) is 37.0 Å². The van der Waals surface area contributed by atoms with Gasteiger partial charge in [0.25, 0.3) is 0 Å². The normalized spacial score (nSPS) is 10.9. The molecular weight excluding hydrogens is 252 g/mol. The van der Waals surface area contributed by atoms with Crippen molar-refractivity contribution in [1.82, 2.24) is 0 Å². The molecule has 6 heteroatoms. The summed E-state index contributed by atoms with van der Waals surface area (Å²) in [6, 6.07) is 0. The van der Waals surface area contributed by atoms with E-state index < -0.39 is 15.8 Å². The molecule has 0 unspecified atom stereocenters. The van der Waals surface area contributed by atoms with Crippen molar-refractivity contribution in [2.24, 2.45) is 0 Å². The van der Waals surface area contributed by atoms with Gasteiger partial charge >= 0.3 is 22.4 Å². The summed E-state index contributed by atoms with van der Waals surface area (Å²) in [7, 11) is -3.32. The van der Waals surface area contributed by atoms with Crippen molar-refractivity contribution in [2.75, 3.05) is 6.26 Å². The van der Waals surface area contributed by atoms with Gasteiger partial charge in [-0.05, 0) is 6.08 Å². The molecule has 0 aliphatic rings. The minimum Gasteiger partial charge on any atom is -0.545 e. The molecule has 62 valence electrons. The van der Waals surface area contributed by atoms with Gasteiger partial charge in [0.1, 0.15) is 0 Å². The second-order valence-electron chi connectivity index (χ2n) is 1.45. The van der Waals surface area contributed by atoms with Crippen LogP contribution < -0.4 is 5.11 Å². The van der Waals surface area contributed by atoms with Gasteiger partial charge in [-0.1, -0.05) is 0 Å². The van der Waals surface area contributed by atoms with Crippen molar-refractivity contribution in [1.29, 1.82) is 0 Å². The number of carboxylic acid groups (broad SMARTS) is 1. The van der Waals surface area contributed by atoms with Gasteiger partial charge in [-0.25, -0.2) is 8.42 Å². The zero-order chi connectivity index (χ0) is 7.49. The van der Waals surface area contributed by atoms with E-state index in [9.17, 15) is 18.3 Å². The molecule has 0 aliphatic carbocycles. The molecule has 0 fully saturated rings. The van der Waals surface area contributed by atoms with Crippen molar-refractivity contribution in [2.45, 2.75) is 0 Å². The maximum Gasteiger partial charge on any atom is 1.00 e. The van der Waals surface area contributed by atoms with Crippen molar-refractivity contribution in [3.05, 3.63) is 11.5 Å². The summed E-state index contributed by atoms with van der Waals surface area (Å²) < 4.78 is 20.3. The van der Waals surface area contributed by atoms with Crippen LogP contribution in [0.2, 0.25) is 0 Å². The molecule has 0 radical (unpaired) electrons. The van der Waals surface area contributed by atoms with Crippen LogP contribution in [0.3, 0.4) is 0 Å². The van der Waals surface area contributed by atoms with E-state index in [4.69, 9.17) is 0 Å². The fourth-order valence-electron chi connectivity index (χ4n) is 0.179. The summed E-state index contributed by atoms with van der Waals surface area (Å²) in [5.41, 5.74) is 0. The van der Waals surface area contributed by atoms with E-state index in [0.29, 0.717) is 11.5 Å². The number of aliphatic carboxylic acids is 1. The van der Waals surface area contributed by atoms with Gasteiger partial charge < -0.3 is 9.90 Å². The zero-order valence-corrected chi connectivity index (χ0v) is 7.30. The molecule has 0 aromatic carbocycles. The van der Waals surface area contributed by atoms with E-state index in [1.54, 1.807) is 0 Å². The van der Waals surface area contributed by atoms with Crippen molar-refractivity contribution >= 4 is 15.8 Å². The second-order valence-corrected chi connectivity index (χ2v) is 3.38. The first kappa shape index (κ1) is 12.6. The Balaban J connectivity index is 0. The molecule has 10 heavy (non-hydrogen) atoms. The minimum absolute atomic E-state index is 0. The Kier molecular flexibility index (Phi) is 5.87. The number of carboxylic acids is 1. The first-order chi connectivity index (χ1) is 3.92. The van der Waals surface area contributed by atoms with Gasteiger partial charge in [0.15, 0.2) is 9.84 Å². The van der Waals surface area contributed by atoms with Crippen LogP contribution in [0.15, 0.2) is 11.5 Å². The average Bonchev–Trinajstić information content (AvgIpc) is 1.59. The van der Waals surface area contributed by atoms with Gasteiger partial charge in [-0.15, -0.1) is 0 Å². The Hall–Kier alpha value is -0.0997. The molecule has 0 aromatic rings. The van der Waals surface area contributed by atoms with Gasteiger partial charge in [0, 0.05) is 11.7 Å². The quantitative estimate of drug-likeness (QED) is 0.436. The Morgan fingerprint density at radius 3 is 2.00 bits per heavy atom. The van der Waals surface area contributed by atoms with E-state index in [2.05, 4.69) is 0 Å². The SMILES string of the molecule is CS(=O)(=O)C=CC(=O)[O-].[Ag+]. The molecule has 0 spiro atoms. The molecule has 0 N–H and O–H groups in total. The molecule has 0 aliphatic heterocycles. The fourth-order valence-corrected chi connectivity index (χ4v) is 0.537. The number of rotatable bonds is 2. The summed E-state index contributed by atoms with van der Waals surface area (Å²) in [4.78, 5) is 9.58. The van der Waals surface area contributed by atoms with Gasteiger partial charge in [-0.2, -0.15) is 0 Å². The molecule has 0 atom stereocenters. The number of carbonyl (C=O) groups excluding carboxylic acids is 1. The first-order valence-corrected chi connectivity index (χ1v) is 3.96. The summed E-state index contributed by atoms with van der Waals surface area (Å²) >= 11 is 0. The molecule has 0 amide bonds. The van der Waals surface area contributed by atoms with Gasteiger partial charge in [-0.3, -0.25) is 0 Å². The largest absolute Gasteiger partial charge is 1.00 e. The van der Waals surface area contributed by atoms with Crippen molar-refractivity contribution in [3.8, 4) is 0 Å². The van der Waals surface area contributed by atoms with E-state index in [-0.39, 0.29) is 22.4 Å². The molecule has 0 rings (SSSR count). The third-order valence-electron chi connectivity index (χ3n) is 0.451. The second kappa shape index (κ2) is 4.68. The number of hydrogen-bond acceptors (Lipinski definition) is 4. The molecule has 0 saturated carbocycles. The van der Waals surface area contributed by atoms with Crippen molar-refractivity contribution < 1.29 is 40.7 Å². The standard InChI is InChI=1S/C4H6O4S.Ag/c1-9(7,8)3-2-4(5)6;/h2-3H,1H3,(H,5,6);/q;+1/p-1. The van der Waals surface area contributed by atoms with Crippen LogP contribution in [0.1, 0.15) is 0 Å². The van der Waals surface area contributed by atoms with E-state index in [1.807, 2.05) is 0 Å². The third kappa shape index (κ3) is 10.8. The summed E-state index contributed by atoms with van der Waals surface area (Å²) in [5, 5.41) is 10.2. The van der Waals surface area contributed by atoms with E-state index in [1.165, 1.54) is 0 Å². The smallest absolute Gasteiger partial charge is 0.545 e. The van der Waals surface area contributed by atoms with Crippen LogP contribution in [0.25, 0.3) is 0 Å². The Morgan fingerprint density at radius 2 is 1.90 bits per heavy atom. The van der Waals surface area contributed by atoms with Crippen LogP contribution >= 0.6 is 0 Å².